The van der Waals surface area contributed by atoms with Crippen molar-refractivity contribution in [3.8, 4) is 11.5 Å². The molecule has 8 nitrogen and oxygen atoms in total. The minimum atomic E-state index is -0.520. The van der Waals surface area contributed by atoms with Gasteiger partial charge < -0.3 is 23.9 Å². The van der Waals surface area contributed by atoms with E-state index in [-0.39, 0.29) is 12.2 Å². The van der Waals surface area contributed by atoms with Crippen LogP contribution in [0.5, 0.6) is 11.5 Å². The second kappa shape index (κ2) is 14.4. The fourth-order valence-corrected chi connectivity index (χ4v) is 3.50. The number of halogens is 1. The summed E-state index contributed by atoms with van der Waals surface area (Å²) in [5.41, 5.74) is 3.39. The Kier molecular flexibility index (Phi) is 10.7. The van der Waals surface area contributed by atoms with E-state index in [0.717, 1.165) is 11.1 Å². The van der Waals surface area contributed by atoms with Gasteiger partial charge >= 0.3 is 5.97 Å². The van der Waals surface area contributed by atoms with Crippen molar-refractivity contribution in [2.75, 3.05) is 20.8 Å². The topological polar surface area (TPSA) is 87.9 Å². The maximum atomic E-state index is 12.2. The van der Waals surface area contributed by atoms with Gasteiger partial charge in [0.25, 0.3) is 0 Å². The van der Waals surface area contributed by atoms with Crippen LogP contribution in [-0.2, 0) is 30.6 Å². The van der Waals surface area contributed by atoms with Gasteiger partial charge in [0.1, 0.15) is 41.7 Å². The highest BCUT2D eigenvalue weighted by Crippen LogP contribution is 2.24. The highest BCUT2D eigenvalue weighted by molar-refractivity contribution is 6.47. The molecule has 0 radical (unpaired) electrons. The van der Waals surface area contributed by atoms with Crippen molar-refractivity contribution in [2.24, 2.45) is 10.3 Å². The summed E-state index contributed by atoms with van der Waals surface area (Å²) in [4.78, 5) is 23.2. The fourth-order valence-electron chi connectivity index (χ4n) is 3.38. The van der Waals surface area contributed by atoms with Gasteiger partial charge in [-0.1, -0.05) is 46.2 Å². The number of esters is 1. The lowest BCUT2D eigenvalue weighted by Gasteiger charge is -2.11. The van der Waals surface area contributed by atoms with E-state index in [4.69, 9.17) is 35.5 Å². The summed E-state index contributed by atoms with van der Waals surface area (Å²) in [6.45, 7) is 4.11. The minimum Gasteiger partial charge on any atom is -0.503 e. The molecular formula is C29H29ClN2O6. The third-order valence-corrected chi connectivity index (χ3v) is 5.43. The van der Waals surface area contributed by atoms with Crippen LogP contribution >= 0.6 is 11.6 Å². The van der Waals surface area contributed by atoms with Crippen LogP contribution in [0.15, 0.2) is 89.4 Å². The number of oxime groups is 2. The molecule has 0 spiro atoms. The van der Waals surface area contributed by atoms with Crippen molar-refractivity contribution in [2.45, 2.75) is 20.5 Å². The summed E-state index contributed by atoms with van der Waals surface area (Å²) < 4.78 is 15.8. The lowest BCUT2D eigenvalue weighted by Crippen LogP contribution is -2.14. The van der Waals surface area contributed by atoms with E-state index in [1.807, 2.05) is 49.4 Å². The van der Waals surface area contributed by atoms with Gasteiger partial charge in [0.05, 0.1) is 20.5 Å². The molecule has 198 valence electrons. The molecule has 0 heterocycles. The maximum Gasteiger partial charge on any atom is 0.341 e. The molecule has 0 unspecified atom stereocenters. The van der Waals surface area contributed by atoms with E-state index in [1.165, 1.54) is 20.5 Å². The summed E-state index contributed by atoms with van der Waals surface area (Å²) in [5, 5.41) is 9.12. The molecule has 0 N–H and O–H groups in total. The third-order valence-electron chi connectivity index (χ3n) is 5.17. The average Bonchev–Trinajstić information content (AvgIpc) is 2.94. The van der Waals surface area contributed by atoms with Crippen molar-refractivity contribution >= 4 is 34.6 Å². The molecule has 0 aliphatic carbocycles. The molecular weight excluding hydrogens is 508 g/mol. The lowest BCUT2D eigenvalue weighted by atomic mass is 10.0. The fraction of sp³-hybridized carbons (Fsp3) is 0.207. The van der Waals surface area contributed by atoms with Crippen molar-refractivity contribution in [3.05, 3.63) is 101 Å². The Labute approximate surface area is 227 Å². The first kappa shape index (κ1) is 28.3. The predicted molar refractivity (Wildman–Crippen MR) is 147 cm³/mol. The minimum absolute atomic E-state index is 0.0986. The Morgan fingerprint density at radius 2 is 1.55 bits per heavy atom. The third kappa shape index (κ3) is 7.85. The van der Waals surface area contributed by atoms with Gasteiger partial charge in [-0.15, -0.1) is 0 Å². The largest absolute Gasteiger partial charge is 0.503 e. The zero-order chi connectivity index (χ0) is 27.3. The van der Waals surface area contributed by atoms with Gasteiger partial charge in [-0.25, -0.2) is 4.79 Å². The molecule has 0 aromatic heterocycles. The zero-order valence-corrected chi connectivity index (χ0v) is 22.4. The molecule has 0 bridgehead atoms. The second-order valence-electron chi connectivity index (χ2n) is 7.80. The molecule has 0 atom stereocenters. The zero-order valence-electron chi connectivity index (χ0n) is 21.6. The molecule has 0 amide bonds. The molecule has 9 heteroatoms. The van der Waals surface area contributed by atoms with Crippen LogP contribution in [0.2, 0.25) is 5.02 Å². The quantitative estimate of drug-likeness (QED) is 0.0849. The normalized spacial score (nSPS) is 12.1. The van der Waals surface area contributed by atoms with E-state index < -0.39 is 5.97 Å². The van der Waals surface area contributed by atoms with Gasteiger partial charge in [0, 0.05) is 16.1 Å². The van der Waals surface area contributed by atoms with Crippen LogP contribution in [0, 0.1) is 0 Å². The first-order valence-corrected chi connectivity index (χ1v) is 12.1. The van der Waals surface area contributed by atoms with Crippen LogP contribution < -0.4 is 4.74 Å². The Hall–Kier alpha value is -4.30. The predicted octanol–water partition coefficient (Wildman–Crippen LogP) is 6.63. The molecule has 0 aliphatic rings. The van der Waals surface area contributed by atoms with Crippen molar-refractivity contribution < 1.29 is 28.7 Å². The summed E-state index contributed by atoms with van der Waals surface area (Å²) in [6.07, 6.45) is 1.34. The van der Waals surface area contributed by atoms with Gasteiger partial charge in [0.15, 0.2) is 0 Å². The first-order chi connectivity index (χ1) is 18.5. The van der Waals surface area contributed by atoms with Gasteiger partial charge in [0.2, 0.25) is 0 Å². The van der Waals surface area contributed by atoms with Crippen molar-refractivity contribution in [1.82, 2.24) is 0 Å². The number of carbonyl (C=O) groups excluding carboxylic acids is 1. The number of ether oxygens (including phenoxy) is 3. The Morgan fingerprint density at radius 1 is 0.895 bits per heavy atom. The Morgan fingerprint density at radius 3 is 2.18 bits per heavy atom. The molecule has 0 saturated heterocycles. The number of nitrogens with zero attached hydrogens (tertiary/aromatic N) is 2. The highest BCUT2D eigenvalue weighted by Gasteiger charge is 2.17. The number of carbonyl (C=O) groups is 1. The second-order valence-corrected chi connectivity index (χ2v) is 8.24. The van der Waals surface area contributed by atoms with E-state index in [2.05, 4.69) is 10.3 Å². The van der Waals surface area contributed by atoms with Gasteiger partial charge in [-0.3, -0.25) is 0 Å². The Bertz CT molecular complexity index is 1300. The molecule has 0 aliphatic heterocycles. The molecule has 3 rings (SSSR count). The molecule has 0 saturated carbocycles. The van der Waals surface area contributed by atoms with E-state index in [0.29, 0.717) is 40.1 Å². The van der Waals surface area contributed by atoms with E-state index in [1.54, 1.807) is 37.3 Å². The first-order valence-electron chi connectivity index (χ1n) is 11.8. The lowest BCUT2D eigenvalue weighted by molar-refractivity contribution is -0.133. The average molecular weight is 537 g/mol. The monoisotopic (exact) mass is 536 g/mol. The van der Waals surface area contributed by atoms with E-state index >= 15 is 0 Å². The summed E-state index contributed by atoms with van der Waals surface area (Å²) >= 11 is 5.94. The molecule has 3 aromatic rings. The maximum absolute atomic E-state index is 12.2. The molecule has 3 aromatic carbocycles. The summed E-state index contributed by atoms with van der Waals surface area (Å²) in [5.74, 6) is 0.806. The molecule has 0 fully saturated rings. The van der Waals surface area contributed by atoms with Crippen LogP contribution in [0.4, 0.5) is 0 Å². The summed E-state index contributed by atoms with van der Waals surface area (Å²) in [7, 11) is 2.78. The van der Waals surface area contributed by atoms with Gasteiger partial charge in [-0.05, 0) is 67.9 Å². The van der Waals surface area contributed by atoms with E-state index in [9.17, 15) is 4.79 Å². The number of hydrogen-bond acceptors (Lipinski definition) is 8. The number of methoxy groups -OCH3 is 2. The SMILES string of the molecule is CCO/N=C(/C(C)=N/OCc1ccccc1C(=COC)C(=O)OC)c1ccc(Oc2ccc(Cl)cc2)cc1. The smallest absolute Gasteiger partial charge is 0.341 e. The standard InChI is InChI=1S/C29H29ClN2O6/c1-5-36-32-28(21-10-14-24(15-11-21)38-25-16-12-23(30)13-17-25)20(2)31-37-18-22-8-6-7-9-26(22)27(19-34-3)29(33)35-4/h6-17,19H,5,18H2,1-4H3/b27-19?,31-20+,32-28-. The summed E-state index contributed by atoms with van der Waals surface area (Å²) in [6, 6.07) is 21.8. The van der Waals surface area contributed by atoms with Crippen LogP contribution in [-0.4, -0.2) is 38.2 Å². The van der Waals surface area contributed by atoms with Crippen molar-refractivity contribution in [3.63, 3.8) is 0 Å². The number of hydrogen-bond donors (Lipinski definition) is 0. The van der Waals surface area contributed by atoms with Crippen molar-refractivity contribution in [1.29, 1.82) is 0 Å². The van der Waals surface area contributed by atoms with Crippen LogP contribution in [0.25, 0.3) is 5.57 Å². The van der Waals surface area contributed by atoms with Gasteiger partial charge in [-0.2, -0.15) is 0 Å². The van der Waals surface area contributed by atoms with Crippen LogP contribution in [0.3, 0.4) is 0 Å². The van der Waals surface area contributed by atoms with Crippen LogP contribution in [0.1, 0.15) is 30.5 Å². The highest BCUT2D eigenvalue weighted by atomic mass is 35.5. The molecule has 38 heavy (non-hydrogen) atoms. The number of benzene rings is 3. The number of rotatable bonds is 12. The Balaban J connectivity index is 1.77.